The van der Waals surface area contributed by atoms with E-state index in [1.165, 1.54) is 6.21 Å². The van der Waals surface area contributed by atoms with E-state index in [4.69, 9.17) is 9.15 Å². The van der Waals surface area contributed by atoms with Crippen LogP contribution in [-0.2, 0) is 14.3 Å². The van der Waals surface area contributed by atoms with Crippen LogP contribution in [0.2, 0.25) is 0 Å². The number of amides is 2. The van der Waals surface area contributed by atoms with Crippen LogP contribution in [0.15, 0.2) is 45.9 Å². The number of carbonyl (C=O) groups is 3. The third-order valence-electron chi connectivity index (χ3n) is 3.29. The molecule has 0 aliphatic heterocycles. The molecule has 2 rings (SSSR count). The Morgan fingerprint density at radius 3 is 2.44 bits per heavy atom. The first kappa shape index (κ1) is 19.9. The summed E-state index contributed by atoms with van der Waals surface area (Å²) in [4.78, 5) is 34.6. The van der Waals surface area contributed by atoms with E-state index in [9.17, 15) is 14.4 Å². The minimum atomic E-state index is -0.860. The average molecular weight is 371 g/mol. The summed E-state index contributed by atoms with van der Waals surface area (Å²) in [6, 6.07) is 10.0. The topological polar surface area (TPSA) is 110 Å². The van der Waals surface area contributed by atoms with Crippen molar-refractivity contribution < 1.29 is 23.5 Å². The number of esters is 1. The summed E-state index contributed by atoms with van der Waals surface area (Å²) in [5.41, 5.74) is 3.35. The molecule has 0 aliphatic carbocycles. The van der Waals surface area contributed by atoms with E-state index in [0.29, 0.717) is 23.7 Å². The minimum absolute atomic E-state index is 0.143. The second-order valence-electron chi connectivity index (χ2n) is 5.83. The molecule has 2 amide bonds. The fourth-order valence-corrected chi connectivity index (χ4v) is 2.10. The predicted octanol–water partition coefficient (Wildman–Crippen LogP) is 2.10. The highest BCUT2D eigenvalue weighted by Crippen LogP contribution is 2.22. The van der Waals surface area contributed by atoms with Gasteiger partial charge in [-0.3, -0.25) is 9.59 Å². The van der Waals surface area contributed by atoms with Crippen molar-refractivity contribution in [1.29, 1.82) is 0 Å². The molecule has 2 N–H and O–H groups in total. The number of rotatable bonds is 6. The molecule has 0 saturated carbocycles. The van der Waals surface area contributed by atoms with Gasteiger partial charge in [-0.1, -0.05) is 12.1 Å². The highest BCUT2D eigenvalue weighted by Gasteiger charge is 2.13. The van der Waals surface area contributed by atoms with E-state index >= 15 is 0 Å². The van der Waals surface area contributed by atoms with E-state index in [-0.39, 0.29) is 12.0 Å². The molecule has 0 bridgehead atoms. The maximum atomic E-state index is 11.7. The van der Waals surface area contributed by atoms with Gasteiger partial charge >= 0.3 is 17.8 Å². The van der Waals surface area contributed by atoms with Crippen molar-refractivity contribution in [1.82, 2.24) is 10.7 Å². The molecule has 2 aromatic rings. The molecule has 0 atom stereocenters. The molecule has 142 valence electrons. The van der Waals surface area contributed by atoms with Crippen molar-refractivity contribution in [2.45, 2.75) is 26.8 Å². The van der Waals surface area contributed by atoms with Crippen molar-refractivity contribution in [3.63, 3.8) is 0 Å². The Kier molecular flexibility index (Phi) is 6.87. The van der Waals surface area contributed by atoms with Gasteiger partial charge in [-0.2, -0.15) is 5.10 Å². The third-order valence-corrected chi connectivity index (χ3v) is 3.29. The predicted molar refractivity (Wildman–Crippen MR) is 99.1 cm³/mol. The van der Waals surface area contributed by atoms with E-state index in [2.05, 4.69) is 15.8 Å². The average Bonchev–Trinajstić information content (AvgIpc) is 3.10. The summed E-state index contributed by atoms with van der Waals surface area (Å²) in [6.07, 6.45) is 1.29. The zero-order valence-electron chi connectivity index (χ0n) is 15.3. The van der Waals surface area contributed by atoms with Crippen LogP contribution in [0.3, 0.4) is 0 Å². The van der Waals surface area contributed by atoms with Crippen molar-refractivity contribution in [3.05, 3.63) is 47.7 Å². The molecule has 0 unspecified atom stereocenters. The number of hydrogen-bond acceptors (Lipinski definition) is 6. The first-order valence-electron chi connectivity index (χ1n) is 8.42. The van der Waals surface area contributed by atoms with Crippen LogP contribution in [0.4, 0.5) is 0 Å². The van der Waals surface area contributed by atoms with Crippen LogP contribution < -0.4 is 10.7 Å². The summed E-state index contributed by atoms with van der Waals surface area (Å²) >= 11 is 0. The monoisotopic (exact) mass is 371 g/mol. The van der Waals surface area contributed by atoms with Crippen molar-refractivity contribution >= 4 is 24.0 Å². The third kappa shape index (κ3) is 5.81. The Balaban J connectivity index is 1.97. The SMILES string of the molecule is CCOC(=O)c1ccc(-c2ccc(/C=N\NC(=O)C(=O)NC(C)C)o2)cc1. The summed E-state index contributed by atoms with van der Waals surface area (Å²) in [5, 5.41) is 6.15. The van der Waals surface area contributed by atoms with Crippen LogP contribution in [-0.4, -0.2) is 36.6 Å². The van der Waals surface area contributed by atoms with Gasteiger partial charge in [0.05, 0.1) is 18.4 Å². The first-order chi connectivity index (χ1) is 12.9. The van der Waals surface area contributed by atoms with Crippen LogP contribution in [0.5, 0.6) is 0 Å². The van der Waals surface area contributed by atoms with Gasteiger partial charge < -0.3 is 14.5 Å². The number of ether oxygens (including phenoxy) is 1. The number of carbonyl (C=O) groups excluding carboxylic acids is 3. The van der Waals surface area contributed by atoms with Gasteiger partial charge in [0, 0.05) is 11.6 Å². The zero-order valence-corrected chi connectivity index (χ0v) is 15.3. The summed E-state index contributed by atoms with van der Waals surface area (Å²) in [5.74, 6) is -1.04. The standard InChI is InChI=1S/C19H21N3O5/c1-4-26-19(25)14-7-5-13(6-8-14)16-10-9-15(27-16)11-20-22-18(24)17(23)21-12(2)3/h5-12H,4H2,1-3H3,(H,21,23)(H,22,24)/b20-11-. The Morgan fingerprint density at radius 1 is 1.11 bits per heavy atom. The van der Waals surface area contributed by atoms with E-state index < -0.39 is 11.8 Å². The first-order valence-corrected chi connectivity index (χ1v) is 8.42. The number of nitrogens with zero attached hydrogens (tertiary/aromatic N) is 1. The number of benzene rings is 1. The lowest BCUT2D eigenvalue weighted by molar-refractivity contribution is -0.139. The maximum absolute atomic E-state index is 11.7. The molecule has 0 radical (unpaired) electrons. The van der Waals surface area contributed by atoms with Crippen LogP contribution in [0, 0.1) is 0 Å². The van der Waals surface area contributed by atoms with Gasteiger partial charge in [-0.25, -0.2) is 10.2 Å². The lowest BCUT2D eigenvalue weighted by Crippen LogP contribution is -2.41. The second-order valence-corrected chi connectivity index (χ2v) is 5.83. The summed E-state index contributed by atoms with van der Waals surface area (Å²) in [6.45, 7) is 5.56. The summed E-state index contributed by atoms with van der Waals surface area (Å²) in [7, 11) is 0. The lowest BCUT2D eigenvalue weighted by Gasteiger charge is -2.05. The van der Waals surface area contributed by atoms with Crippen LogP contribution >= 0.6 is 0 Å². The van der Waals surface area contributed by atoms with Crippen molar-refractivity contribution in [2.75, 3.05) is 6.61 Å². The van der Waals surface area contributed by atoms with Gasteiger partial charge in [-0.05, 0) is 45.0 Å². The highest BCUT2D eigenvalue weighted by atomic mass is 16.5. The van der Waals surface area contributed by atoms with Gasteiger partial charge in [0.2, 0.25) is 0 Å². The molecule has 1 aromatic carbocycles. The Bertz CT molecular complexity index is 837. The number of hydrogen-bond donors (Lipinski definition) is 2. The molecular formula is C19H21N3O5. The van der Waals surface area contributed by atoms with Crippen molar-refractivity contribution in [2.24, 2.45) is 5.10 Å². The van der Waals surface area contributed by atoms with Gasteiger partial charge in [0.15, 0.2) is 0 Å². The fraction of sp³-hybridized carbons (Fsp3) is 0.263. The molecular weight excluding hydrogens is 350 g/mol. The second kappa shape index (κ2) is 9.33. The highest BCUT2D eigenvalue weighted by molar-refractivity contribution is 6.35. The molecule has 1 heterocycles. The number of hydrazone groups is 1. The summed E-state index contributed by atoms with van der Waals surface area (Å²) < 4.78 is 10.5. The van der Waals surface area contributed by atoms with E-state index in [1.807, 2.05) is 0 Å². The van der Waals surface area contributed by atoms with E-state index in [1.54, 1.807) is 57.2 Å². The smallest absolute Gasteiger partial charge is 0.338 e. The Labute approximate surface area is 156 Å². The molecule has 8 heteroatoms. The zero-order chi connectivity index (χ0) is 19.8. The maximum Gasteiger partial charge on any atom is 0.338 e. The largest absolute Gasteiger partial charge is 0.462 e. The molecule has 0 fully saturated rings. The quantitative estimate of drug-likeness (QED) is 0.350. The van der Waals surface area contributed by atoms with Crippen LogP contribution in [0.1, 0.15) is 36.9 Å². The molecule has 8 nitrogen and oxygen atoms in total. The lowest BCUT2D eigenvalue weighted by atomic mass is 10.1. The Hall–Kier alpha value is -3.42. The number of furan rings is 1. The van der Waals surface area contributed by atoms with Gasteiger partial charge in [0.25, 0.3) is 0 Å². The van der Waals surface area contributed by atoms with Crippen LogP contribution in [0.25, 0.3) is 11.3 Å². The molecule has 0 saturated heterocycles. The minimum Gasteiger partial charge on any atom is -0.462 e. The molecule has 27 heavy (non-hydrogen) atoms. The van der Waals surface area contributed by atoms with E-state index in [0.717, 1.165) is 5.56 Å². The molecule has 0 aliphatic rings. The van der Waals surface area contributed by atoms with Crippen molar-refractivity contribution in [3.8, 4) is 11.3 Å². The Morgan fingerprint density at radius 2 is 1.81 bits per heavy atom. The number of nitrogens with one attached hydrogen (secondary N) is 2. The van der Waals surface area contributed by atoms with Gasteiger partial charge in [0.1, 0.15) is 11.5 Å². The molecule has 1 aromatic heterocycles. The fourth-order valence-electron chi connectivity index (χ4n) is 2.10. The molecule has 0 spiro atoms. The van der Waals surface area contributed by atoms with Gasteiger partial charge in [-0.15, -0.1) is 0 Å². The normalized spacial score (nSPS) is 10.8.